The van der Waals surface area contributed by atoms with Crippen LogP contribution >= 0.6 is 0 Å². The van der Waals surface area contributed by atoms with Gasteiger partial charge in [0.2, 0.25) is 0 Å². The average molecular weight is 334 g/mol. The number of pyridine rings is 1. The fourth-order valence-electron chi connectivity index (χ4n) is 3.42. The molecule has 0 saturated carbocycles. The van der Waals surface area contributed by atoms with Crippen LogP contribution in [0.1, 0.15) is 28.9 Å². The van der Waals surface area contributed by atoms with E-state index < -0.39 is 0 Å². The second-order valence-electron chi connectivity index (χ2n) is 6.47. The Morgan fingerprint density at radius 1 is 1.20 bits per heavy atom. The van der Waals surface area contributed by atoms with Crippen molar-refractivity contribution in [3.8, 4) is 0 Å². The predicted molar refractivity (Wildman–Crippen MR) is 99.9 cm³/mol. The molecule has 5 nitrogen and oxygen atoms in total. The number of rotatable bonds is 5. The van der Waals surface area contributed by atoms with Crippen LogP contribution in [0.5, 0.6) is 0 Å². The Bertz CT molecular complexity index is 880. The van der Waals surface area contributed by atoms with Gasteiger partial charge in [0.15, 0.2) is 0 Å². The van der Waals surface area contributed by atoms with E-state index in [4.69, 9.17) is 0 Å². The summed E-state index contributed by atoms with van der Waals surface area (Å²) in [6, 6.07) is 12.1. The van der Waals surface area contributed by atoms with E-state index in [0.717, 1.165) is 44.6 Å². The summed E-state index contributed by atoms with van der Waals surface area (Å²) in [5.74, 6) is 0.0396. The molecule has 0 atom stereocenters. The molecule has 2 aromatic heterocycles. The number of amides is 1. The topological polar surface area (TPSA) is 61.0 Å². The summed E-state index contributed by atoms with van der Waals surface area (Å²) in [6.07, 6.45) is 6.88. The Hall–Kier alpha value is -2.82. The number of hydrogen-bond acceptors (Lipinski definition) is 3. The molecular formula is C20H22N4O. The Labute approximate surface area is 147 Å². The number of carbonyl (C=O) groups is 1. The number of likely N-dealkylation sites (tertiary alicyclic amines) is 1. The molecular weight excluding hydrogens is 312 g/mol. The molecule has 2 N–H and O–H groups in total. The first-order valence-corrected chi connectivity index (χ1v) is 8.85. The van der Waals surface area contributed by atoms with Crippen molar-refractivity contribution in [2.45, 2.75) is 19.3 Å². The van der Waals surface area contributed by atoms with Gasteiger partial charge in [0.1, 0.15) is 5.69 Å². The van der Waals surface area contributed by atoms with Crippen LogP contribution < -0.4 is 5.32 Å². The second kappa shape index (κ2) is 6.97. The van der Waals surface area contributed by atoms with E-state index in [9.17, 15) is 4.79 Å². The first-order valence-electron chi connectivity index (χ1n) is 8.85. The monoisotopic (exact) mass is 334 g/mol. The van der Waals surface area contributed by atoms with E-state index >= 15 is 0 Å². The SMILES string of the molecule is O=C(c1cc(NCCc2c[nH]c3ccccc23)ccn1)N1CCCC1. The zero-order chi connectivity index (χ0) is 17.1. The van der Waals surface area contributed by atoms with Crippen molar-refractivity contribution >= 4 is 22.5 Å². The highest BCUT2D eigenvalue weighted by Crippen LogP contribution is 2.19. The minimum Gasteiger partial charge on any atom is -0.385 e. The van der Waals surface area contributed by atoms with Crippen molar-refractivity contribution in [2.75, 3.05) is 25.0 Å². The predicted octanol–water partition coefficient (Wildman–Crippen LogP) is 3.45. The molecule has 1 aromatic carbocycles. The fourth-order valence-corrected chi connectivity index (χ4v) is 3.42. The summed E-state index contributed by atoms with van der Waals surface area (Å²) in [5, 5.41) is 4.68. The number of carbonyl (C=O) groups excluding carboxylic acids is 1. The van der Waals surface area contributed by atoms with Gasteiger partial charge in [-0.25, -0.2) is 0 Å². The highest BCUT2D eigenvalue weighted by molar-refractivity contribution is 5.93. The van der Waals surface area contributed by atoms with Gasteiger partial charge in [0.05, 0.1) is 0 Å². The lowest BCUT2D eigenvalue weighted by Crippen LogP contribution is -2.28. The van der Waals surface area contributed by atoms with Gasteiger partial charge in [0, 0.05) is 48.6 Å². The van der Waals surface area contributed by atoms with E-state index in [1.165, 1.54) is 16.5 Å². The molecule has 1 saturated heterocycles. The maximum atomic E-state index is 12.4. The summed E-state index contributed by atoms with van der Waals surface area (Å²) in [7, 11) is 0. The average Bonchev–Trinajstić information content (AvgIpc) is 3.32. The number of nitrogens with zero attached hydrogens (tertiary/aromatic N) is 2. The molecule has 128 valence electrons. The normalized spacial score (nSPS) is 14.2. The van der Waals surface area contributed by atoms with Gasteiger partial charge < -0.3 is 15.2 Å². The largest absolute Gasteiger partial charge is 0.385 e. The van der Waals surface area contributed by atoms with E-state index in [2.05, 4.69) is 39.7 Å². The van der Waals surface area contributed by atoms with Gasteiger partial charge >= 0.3 is 0 Å². The van der Waals surface area contributed by atoms with Gasteiger partial charge in [-0.1, -0.05) is 18.2 Å². The molecule has 1 fully saturated rings. The minimum atomic E-state index is 0.0396. The third kappa shape index (κ3) is 3.36. The molecule has 3 aromatic rings. The van der Waals surface area contributed by atoms with Crippen molar-refractivity contribution in [2.24, 2.45) is 0 Å². The maximum Gasteiger partial charge on any atom is 0.272 e. The Balaban J connectivity index is 1.39. The zero-order valence-corrected chi connectivity index (χ0v) is 14.2. The molecule has 3 heterocycles. The number of fused-ring (bicyclic) bond motifs is 1. The van der Waals surface area contributed by atoms with Crippen LogP contribution in [0, 0.1) is 0 Å². The van der Waals surface area contributed by atoms with E-state index in [0.29, 0.717) is 5.69 Å². The van der Waals surface area contributed by atoms with E-state index in [-0.39, 0.29) is 5.91 Å². The lowest BCUT2D eigenvalue weighted by molar-refractivity contribution is 0.0787. The summed E-state index contributed by atoms with van der Waals surface area (Å²) in [4.78, 5) is 21.9. The number of aromatic nitrogens is 2. The zero-order valence-electron chi connectivity index (χ0n) is 14.2. The second-order valence-corrected chi connectivity index (χ2v) is 6.47. The first-order chi connectivity index (χ1) is 12.3. The standard InChI is InChI=1S/C20H22N4O/c25-20(24-11-3-4-12-24)19-13-16(8-10-22-19)21-9-7-15-14-23-18-6-2-1-5-17(15)18/h1-2,5-6,8,10,13-14,23H,3-4,7,9,11-12H2,(H,21,22). The third-order valence-corrected chi connectivity index (χ3v) is 4.77. The highest BCUT2D eigenvalue weighted by atomic mass is 16.2. The molecule has 1 amide bonds. The van der Waals surface area contributed by atoms with Crippen LogP contribution in [-0.2, 0) is 6.42 Å². The van der Waals surface area contributed by atoms with Gasteiger partial charge in [-0.05, 0) is 43.0 Å². The molecule has 0 spiro atoms. The smallest absolute Gasteiger partial charge is 0.272 e. The first kappa shape index (κ1) is 15.7. The van der Waals surface area contributed by atoms with Crippen LogP contribution in [0.2, 0.25) is 0 Å². The summed E-state index contributed by atoms with van der Waals surface area (Å²) >= 11 is 0. The van der Waals surface area contributed by atoms with E-state index in [1.807, 2.05) is 23.1 Å². The molecule has 0 bridgehead atoms. The van der Waals surface area contributed by atoms with Crippen molar-refractivity contribution in [3.05, 3.63) is 60.0 Å². The number of nitrogens with one attached hydrogen (secondary N) is 2. The molecule has 0 aliphatic carbocycles. The number of H-pyrrole nitrogens is 1. The maximum absolute atomic E-state index is 12.4. The van der Waals surface area contributed by atoms with Crippen LogP contribution in [0.4, 0.5) is 5.69 Å². The molecule has 5 heteroatoms. The summed E-state index contributed by atoms with van der Waals surface area (Å²) < 4.78 is 0. The molecule has 1 aliphatic rings. The van der Waals surface area contributed by atoms with Crippen molar-refractivity contribution in [1.29, 1.82) is 0 Å². The lowest BCUT2D eigenvalue weighted by Gasteiger charge is -2.15. The number of anilines is 1. The quantitative estimate of drug-likeness (QED) is 0.751. The van der Waals surface area contributed by atoms with Crippen molar-refractivity contribution in [3.63, 3.8) is 0 Å². The third-order valence-electron chi connectivity index (χ3n) is 4.77. The molecule has 0 radical (unpaired) electrons. The van der Waals surface area contributed by atoms with Crippen LogP contribution in [-0.4, -0.2) is 40.4 Å². The fraction of sp³-hybridized carbons (Fsp3) is 0.300. The van der Waals surface area contributed by atoms with Crippen molar-refractivity contribution in [1.82, 2.24) is 14.9 Å². The number of benzene rings is 1. The molecule has 1 aliphatic heterocycles. The number of para-hydroxylation sites is 1. The van der Waals surface area contributed by atoms with Gasteiger partial charge in [-0.15, -0.1) is 0 Å². The summed E-state index contributed by atoms with van der Waals surface area (Å²) in [6.45, 7) is 2.50. The van der Waals surface area contributed by atoms with Crippen molar-refractivity contribution < 1.29 is 4.79 Å². The Morgan fingerprint density at radius 2 is 2.04 bits per heavy atom. The number of aromatic amines is 1. The van der Waals surface area contributed by atoms with Crippen LogP contribution in [0.25, 0.3) is 10.9 Å². The Kier molecular flexibility index (Phi) is 4.37. The van der Waals surface area contributed by atoms with E-state index in [1.54, 1.807) is 6.20 Å². The highest BCUT2D eigenvalue weighted by Gasteiger charge is 2.20. The van der Waals surface area contributed by atoms with Crippen LogP contribution in [0.15, 0.2) is 48.8 Å². The molecule has 4 rings (SSSR count). The lowest BCUT2D eigenvalue weighted by atomic mass is 10.1. The summed E-state index contributed by atoms with van der Waals surface area (Å²) in [5.41, 5.74) is 3.93. The Morgan fingerprint density at radius 3 is 2.92 bits per heavy atom. The number of hydrogen-bond donors (Lipinski definition) is 2. The van der Waals surface area contributed by atoms with Gasteiger partial charge in [-0.2, -0.15) is 0 Å². The van der Waals surface area contributed by atoms with Gasteiger partial charge in [-0.3, -0.25) is 9.78 Å². The molecule has 25 heavy (non-hydrogen) atoms. The molecule has 0 unspecified atom stereocenters. The van der Waals surface area contributed by atoms with Crippen LogP contribution in [0.3, 0.4) is 0 Å². The van der Waals surface area contributed by atoms with Gasteiger partial charge in [0.25, 0.3) is 5.91 Å². The minimum absolute atomic E-state index is 0.0396.